The standard InChI is InChI=1S/C16H22N4O3/c1-11-10-17-18-16(11)13-5-3-4-8-20(13)15(21)7-6-12-9-14(22-2)19-23-12/h9-10,13H,3-8H2,1-2H3,(H,17,18). The topological polar surface area (TPSA) is 84.2 Å². The zero-order valence-electron chi connectivity index (χ0n) is 13.5. The van der Waals surface area contributed by atoms with E-state index >= 15 is 0 Å². The molecule has 0 radical (unpaired) electrons. The van der Waals surface area contributed by atoms with E-state index in [0.29, 0.717) is 24.5 Å². The second-order valence-electron chi connectivity index (χ2n) is 5.90. The average molecular weight is 318 g/mol. The summed E-state index contributed by atoms with van der Waals surface area (Å²) in [5.74, 6) is 1.25. The molecular weight excluding hydrogens is 296 g/mol. The lowest BCUT2D eigenvalue weighted by Gasteiger charge is -2.35. The number of carbonyl (C=O) groups is 1. The molecule has 7 heteroatoms. The van der Waals surface area contributed by atoms with Gasteiger partial charge in [-0.05, 0) is 36.9 Å². The Balaban J connectivity index is 1.65. The number of methoxy groups -OCH3 is 1. The molecule has 1 atom stereocenters. The van der Waals surface area contributed by atoms with Crippen LogP contribution in [0.1, 0.15) is 48.7 Å². The summed E-state index contributed by atoms with van der Waals surface area (Å²) >= 11 is 0. The van der Waals surface area contributed by atoms with Crippen molar-refractivity contribution in [1.29, 1.82) is 0 Å². The molecule has 1 saturated heterocycles. The van der Waals surface area contributed by atoms with Crippen LogP contribution in [0, 0.1) is 6.92 Å². The van der Waals surface area contributed by atoms with Crippen LogP contribution in [0.5, 0.6) is 5.88 Å². The van der Waals surface area contributed by atoms with Crippen molar-refractivity contribution >= 4 is 5.91 Å². The number of nitrogens with zero attached hydrogens (tertiary/aromatic N) is 3. The number of carbonyl (C=O) groups excluding carboxylic acids is 1. The van der Waals surface area contributed by atoms with Gasteiger partial charge in [-0.3, -0.25) is 9.89 Å². The van der Waals surface area contributed by atoms with Gasteiger partial charge < -0.3 is 14.2 Å². The molecule has 0 aromatic carbocycles. The highest BCUT2D eigenvalue weighted by Gasteiger charge is 2.29. The van der Waals surface area contributed by atoms with Crippen molar-refractivity contribution in [2.45, 2.75) is 45.1 Å². The van der Waals surface area contributed by atoms with E-state index < -0.39 is 0 Å². The van der Waals surface area contributed by atoms with Crippen LogP contribution in [0.2, 0.25) is 0 Å². The van der Waals surface area contributed by atoms with Crippen LogP contribution in [0.3, 0.4) is 0 Å². The highest BCUT2D eigenvalue weighted by Crippen LogP contribution is 2.32. The van der Waals surface area contributed by atoms with E-state index in [1.54, 1.807) is 6.07 Å². The SMILES string of the molecule is COc1cc(CCC(=O)N2CCCCC2c2[nH]ncc2C)on1. The highest BCUT2D eigenvalue weighted by atomic mass is 16.5. The largest absolute Gasteiger partial charge is 0.479 e. The molecule has 1 unspecified atom stereocenters. The third-order valence-electron chi connectivity index (χ3n) is 4.36. The van der Waals surface area contributed by atoms with Crippen LogP contribution in [-0.2, 0) is 11.2 Å². The lowest BCUT2D eigenvalue weighted by molar-refractivity contribution is -0.135. The number of likely N-dealkylation sites (tertiary alicyclic amines) is 1. The molecule has 0 aliphatic carbocycles. The fraction of sp³-hybridized carbons (Fsp3) is 0.562. The number of hydrogen-bond donors (Lipinski definition) is 1. The summed E-state index contributed by atoms with van der Waals surface area (Å²) in [5.41, 5.74) is 2.16. The minimum absolute atomic E-state index is 0.100. The van der Waals surface area contributed by atoms with Gasteiger partial charge in [0.1, 0.15) is 5.76 Å². The Labute approximate surface area is 135 Å². The zero-order chi connectivity index (χ0) is 16.2. The second-order valence-corrected chi connectivity index (χ2v) is 5.90. The van der Waals surface area contributed by atoms with Gasteiger partial charge >= 0.3 is 0 Å². The van der Waals surface area contributed by atoms with Crippen LogP contribution in [0.15, 0.2) is 16.8 Å². The highest BCUT2D eigenvalue weighted by molar-refractivity contribution is 5.77. The maximum atomic E-state index is 12.7. The molecule has 2 aromatic rings. The number of aryl methyl sites for hydroxylation is 2. The monoisotopic (exact) mass is 318 g/mol. The molecule has 1 aliphatic rings. The molecule has 23 heavy (non-hydrogen) atoms. The number of ether oxygens (including phenoxy) is 1. The van der Waals surface area contributed by atoms with Crippen molar-refractivity contribution in [3.05, 3.63) is 29.3 Å². The van der Waals surface area contributed by atoms with Crippen molar-refractivity contribution in [2.75, 3.05) is 13.7 Å². The van der Waals surface area contributed by atoms with Crippen molar-refractivity contribution in [2.24, 2.45) is 0 Å². The first kappa shape index (κ1) is 15.6. The molecule has 0 bridgehead atoms. The molecule has 1 N–H and O–H groups in total. The molecular formula is C16H22N4O3. The third kappa shape index (κ3) is 3.38. The van der Waals surface area contributed by atoms with Gasteiger partial charge in [-0.1, -0.05) is 0 Å². The fourth-order valence-corrected chi connectivity index (χ4v) is 3.11. The zero-order valence-corrected chi connectivity index (χ0v) is 13.5. The van der Waals surface area contributed by atoms with Gasteiger partial charge in [0.05, 0.1) is 25.0 Å². The first-order valence-electron chi connectivity index (χ1n) is 7.98. The lowest BCUT2D eigenvalue weighted by Crippen LogP contribution is -2.39. The van der Waals surface area contributed by atoms with Gasteiger partial charge in [0.15, 0.2) is 0 Å². The number of aromatic nitrogens is 3. The smallest absolute Gasteiger partial charge is 0.254 e. The number of amides is 1. The fourth-order valence-electron chi connectivity index (χ4n) is 3.11. The summed E-state index contributed by atoms with van der Waals surface area (Å²) in [6.07, 6.45) is 5.90. The summed E-state index contributed by atoms with van der Waals surface area (Å²) in [6.45, 7) is 2.82. The van der Waals surface area contributed by atoms with E-state index in [-0.39, 0.29) is 11.9 Å². The molecule has 1 aliphatic heterocycles. The summed E-state index contributed by atoms with van der Waals surface area (Å²) in [6, 6.07) is 1.82. The number of hydrogen-bond acceptors (Lipinski definition) is 5. The van der Waals surface area contributed by atoms with E-state index in [1.807, 2.05) is 18.0 Å². The van der Waals surface area contributed by atoms with Crippen LogP contribution >= 0.6 is 0 Å². The van der Waals surface area contributed by atoms with Gasteiger partial charge in [0.2, 0.25) is 5.91 Å². The molecule has 0 saturated carbocycles. The quantitative estimate of drug-likeness (QED) is 0.915. The van der Waals surface area contributed by atoms with Crippen LogP contribution in [0.25, 0.3) is 0 Å². The first-order chi connectivity index (χ1) is 11.2. The Hall–Kier alpha value is -2.31. The first-order valence-corrected chi connectivity index (χ1v) is 7.98. The number of H-pyrrole nitrogens is 1. The van der Waals surface area contributed by atoms with E-state index in [4.69, 9.17) is 9.26 Å². The van der Waals surface area contributed by atoms with Crippen LogP contribution in [0.4, 0.5) is 0 Å². The summed E-state index contributed by atoms with van der Waals surface area (Å²) in [7, 11) is 1.54. The molecule has 124 valence electrons. The van der Waals surface area contributed by atoms with Crippen LogP contribution < -0.4 is 4.74 Å². The Morgan fingerprint density at radius 1 is 1.52 bits per heavy atom. The molecule has 1 amide bonds. The van der Waals surface area contributed by atoms with Gasteiger partial charge in [0, 0.05) is 25.5 Å². The van der Waals surface area contributed by atoms with Gasteiger partial charge in [0.25, 0.3) is 5.88 Å². The lowest BCUT2D eigenvalue weighted by atomic mass is 9.97. The van der Waals surface area contributed by atoms with Gasteiger partial charge in [-0.15, -0.1) is 0 Å². The van der Waals surface area contributed by atoms with Crippen molar-refractivity contribution in [3.8, 4) is 5.88 Å². The summed E-state index contributed by atoms with van der Waals surface area (Å²) < 4.78 is 10.1. The average Bonchev–Trinajstić information content (AvgIpc) is 3.21. The Morgan fingerprint density at radius 2 is 2.39 bits per heavy atom. The maximum absolute atomic E-state index is 12.7. The number of rotatable bonds is 5. The Bertz CT molecular complexity index is 664. The van der Waals surface area contributed by atoms with E-state index in [1.165, 1.54) is 7.11 Å². The number of aromatic amines is 1. The van der Waals surface area contributed by atoms with Gasteiger partial charge in [-0.2, -0.15) is 5.10 Å². The minimum Gasteiger partial charge on any atom is -0.479 e. The minimum atomic E-state index is 0.100. The maximum Gasteiger partial charge on any atom is 0.254 e. The third-order valence-corrected chi connectivity index (χ3v) is 4.36. The predicted molar refractivity (Wildman–Crippen MR) is 83.0 cm³/mol. The predicted octanol–water partition coefficient (Wildman–Crippen LogP) is 2.40. The van der Waals surface area contributed by atoms with Crippen LogP contribution in [-0.4, -0.2) is 39.8 Å². The molecule has 3 rings (SSSR count). The van der Waals surface area contributed by atoms with Gasteiger partial charge in [-0.25, -0.2) is 0 Å². The number of nitrogens with one attached hydrogen (secondary N) is 1. The molecule has 7 nitrogen and oxygen atoms in total. The molecule has 0 spiro atoms. The normalized spacial score (nSPS) is 18.2. The molecule has 2 aromatic heterocycles. The van der Waals surface area contributed by atoms with E-state index in [0.717, 1.165) is 37.1 Å². The Kier molecular flexibility index (Phi) is 4.64. The summed E-state index contributed by atoms with van der Waals surface area (Å²) in [4.78, 5) is 14.6. The van der Waals surface area contributed by atoms with Crippen molar-refractivity contribution in [3.63, 3.8) is 0 Å². The van der Waals surface area contributed by atoms with E-state index in [2.05, 4.69) is 15.4 Å². The van der Waals surface area contributed by atoms with Crippen molar-refractivity contribution in [1.82, 2.24) is 20.3 Å². The molecule has 3 heterocycles. The summed E-state index contributed by atoms with van der Waals surface area (Å²) in [5, 5.41) is 10.9. The number of piperidine rings is 1. The van der Waals surface area contributed by atoms with E-state index in [9.17, 15) is 4.79 Å². The molecule has 1 fully saturated rings. The Morgan fingerprint density at radius 3 is 3.09 bits per heavy atom. The second kappa shape index (κ2) is 6.85. The van der Waals surface area contributed by atoms with Crippen molar-refractivity contribution < 1.29 is 14.1 Å².